The van der Waals surface area contributed by atoms with Crippen LogP contribution in [0.3, 0.4) is 0 Å². The van der Waals surface area contributed by atoms with E-state index in [1.807, 2.05) is 0 Å². The molecule has 0 atom stereocenters. The van der Waals surface area contributed by atoms with Gasteiger partial charge in [-0.1, -0.05) is 6.92 Å². The zero-order valence-electron chi connectivity index (χ0n) is 10.9. The van der Waals surface area contributed by atoms with Crippen molar-refractivity contribution in [2.24, 2.45) is 5.92 Å². The van der Waals surface area contributed by atoms with E-state index in [4.69, 9.17) is 0 Å². The SMILES string of the molecule is CC1CC(Nc2ccc(S(=O)(=O)N(C)C)cn2)C1. The minimum atomic E-state index is -3.38. The Bertz CT molecular complexity index is 505. The molecule has 0 bridgehead atoms. The first-order valence-electron chi connectivity index (χ1n) is 6.04. The molecule has 0 unspecified atom stereocenters. The summed E-state index contributed by atoms with van der Waals surface area (Å²) in [6.45, 7) is 2.22. The van der Waals surface area contributed by atoms with Gasteiger partial charge in [0.25, 0.3) is 0 Å². The standard InChI is InChI=1S/C12H19N3O2S/c1-9-6-10(7-9)14-12-5-4-11(8-13-12)18(16,17)15(2)3/h4-5,8-10H,6-7H2,1-3H3,(H,13,14). The van der Waals surface area contributed by atoms with Gasteiger partial charge >= 0.3 is 0 Å². The summed E-state index contributed by atoms with van der Waals surface area (Å²) in [5.74, 6) is 1.51. The number of sulfonamides is 1. The first-order valence-corrected chi connectivity index (χ1v) is 7.48. The lowest BCUT2D eigenvalue weighted by atomic mass is 9.82. The van der Waals surface area contributed by atoms with Crippen LogP contribution in [0.2, 0.25) is 0 Å². The molecule has 1 fully saturated rings. The van der Waals surface area contributed by atoms with Gasteiger partial charge in [0.15, 0.2) is 0 Å². The Morgan fingerprint density at radius 1 is 1.33 bits per heavy atom. The minimum Gasteiger partial charge on any atom is -0.367 e. The van der Waals surface area contributed by atoms with Gasteiger partial charge in [0.1, 0.15) is 10.7 Å². The molecule has 2 rings (SSSR count). The highest BCUT2D eigenvalue weighted by atomic mass is 32.2. The molecule has 0 amide bonds. The molecule has 6 heteroatoms. The van der Waals surface area contributed by atoms with E-state index in [1.54, 1.807) is 12.1 Å². The molecule has 0 radical (unpaired) electrons. The summed E-state index contributed by atoms with van der Waals surface area (Å²) in [5, 5.41) is 3.30. The number of nitrogens with one attached hydrogen (secondary N) is 1. The Morgan fingerprint density at radius 3 is 2.44 bits per heavy atom. The number of hydrogen-bond acceptors (Lipinski definition) is 4. The molecule has 0 spiro atoms. The van der Waals surface area contributed by atoms with Crippen molar-refractivity contribution in [2.75, 3.05) is 19.4 Å². The molecule has 0 aliphatic heterocycles. The van der Waals surface area contributed by atoms with Crippen molar-refractivity contribution in [2.45, 2.75) is 30.7 Å². The maximum absolute atomic E-state index is 11.8. The van der Waals surface area contributed by atoms with Crippen LogP contribution < -0.4 is 5.32 Å². The van der Waals surface area contributed by atoms with Gasteiger partial charge in [-0.05, 0) is 30.9 Å². The lowest BCUT2D eigenvalue weighted by Gasteiger charge is -2.33. The van der Waals surface area contributed by atoms with Crippen molar-refractivity contribution in [1.82, 2.24) is 9.29 Å². The summed E-state index contributed by atoms with van der Waals surface area (Å²) >= 11 is 0. The molecule has 100 valence electrons. The second kappa shape index (κ2) is 4.85. The van der Waals surface area contributed by atoms with Gasteiger partial charge in [-0.25, -0.2) is 17.7 Å². The monoisotopic (exact) mass is 269 g/mol. The fourth-order valence-electron chi connectivity index (χ4n) is 2.06. The van der Waals surface area contributed by atoms with Gasteiger partial charge in [-0.3, -0.25) is 0 Å². The van der Waals surface area contributed by atoms with Crippen LogP contribution in [-0.4, -0.2) is 37.8 Å². The average molecular weight is 269 g/mol. The van der Waals surface area contributed by atoms with E-state index < -0.39 is 10.0 Å². The van der Waals surface area contributed by atoms with Gasteiger partial charge in [0.05, 0.1) is 0 Å². The molecule has 1 aromatic heterocycles. The van der Waals surface area contributed by atoms with Gasteiger partial charge in [-0.2, -0.15) is 0 Å². The van der Waals surface area contributed by atoms with Crippen molar-refractivity contribution in [3.63, 3.8) is 0 Å². The number of pyridine rings is 1. The zero-order valence-corrected chi connectivity index (χ0v) is 11.7. The summed E-state index contributed by atoms with van der Waals surface area (Å²) in [5.41, 5.74) is 0. The van der Waals surface area contributed by atoms with E-state index in [1.165, 1.54) is 24.6 Å². The lowest BCUT2D eigenvalue weighted by molar-refractivity contribution is 0.308. The predicted octanol–water partition coefficient (Wildman–Crippen LogP) is 1.54. The molecule has 1 N–H and O–H groups in total. The fourth-order valence-corrected chi connectivity index (χ4v) is 2.91. The Kier molecular flexibility index (Phi) is 3.59. The summed E-state index contributed by atoms with van der Waals surface area (Å²) in [7, 11) is -0.357. The Labute approximate surface area is 108 Å². The number of anilines is 1. The highest BCUT2D eigenvalue weighted by Crippen LogP contribution is 2.29. The maximum atomic E-state index is 11.8. The van der Waals surface area contributed by atoms with Crippen LogP contribution in [-0.2, 0) is 10.0 Å². The minimum absolute atomic E-state index is 0.222. The molecule has 0 saturated heterocycles. The lowest BCUT2D eigenvalue weighted by Crippen LogP contribution is -2.34. The van der Waals surface area contributed by atoms with Crippen molar-refractivity contribution < 1.29 is 8.42 Å². The van der Waals surface area contributed by atoms with Crippen LogP contribution in [0.1, 0.15) is 19.8 Å². The van der Waals surface area contributed by atoms with E-state index in [-0.39, 0.29) is 4.90 Å². The van der Waals surface area contributed by atoms with Crippen molar-refractivity contribution in [3.8, 4) is 0 Å². The van der Waals surface area contributed by atoms with E-state index in [0.29, 0.717) is 6.04 Å². The predicted molar refractivity (Wildman–Crippen MR) is 70.9 cm³/mol. The number of hydrogen-bond donors (Lipinski definition) is 1. The molecular weight excluding hydrogens is 250 g/mol. The fraction of sp³-hybridized carbons (Fsp3) is 0.583. The second-order valence-electron chi connectivity index (χ2n) is 5.08. The van der Waals surface area contributed by atoms with E-state index >= 15 is 0 Å². The second-order valence-corrected chi connectivity index (χ2v) is 7.24. The normalized spacial score (nSPS) is 23.8. The summed E-state index contributed by atoms with van der Waals surface area (Å²) < 4.78 is 24.9. The molecular formula is C12H19N3O2S. The Hall–Kier alpha value is -1.14. The summed E-state index contributed by atoms with van der Waals surface area (Å²) in [6, 6.07) is 3.79. The van der Waals surface area contributed by atoms with Crippen LogP contribution >= 0.6 is 0 Å². The molecule has 1 aliphatic rings. The highest BCUT2D eigenvalue weighted by molar-refractivity contribution is 7.89. The van der Waals surface area contributed by atoms with Crippen LogP contribution in [0.4, 0.5) is 5.82 Å². The first kappa shape index (κ1) is 13.3. The third kappa shape index (κ3) is 2.64. The quantitative estimate of drug-likeness (QED) is 0.900. The van der Waals surface area contributed by atoms with Crippen molar-refractivity contribution >= 4 is 15.8 Å². The van der Waals surface area contributed by atoms with Crippen LogP contribution in [0.15, 0.2) is 23.2 Å². The average Bonchev–Trinajstić information content (AvgIpc) is 2.27. The van der Waals surface area contributed by atoms with Crippen LogP contribution in [0.25, 0.3) is 0 Å². The third-order valence-electron chi connectivity index (χ3n) is 3.24. The summed E-state index contributed by atoms with van der Waals surface area (Å²) in [6.07, 6.45) is 3.71. The van der Waals surface area contributed by atoms with E-state index in [2.05, 4.69) is 17.2 Å². The van der Waals surface area contributed by atoms with Crippen LogP contribution in [0.5, 0.6) is 0 Å². The molecule has 1 aliphatic carbocycles. The maximum Gasteiger partial charge on any atom is 0.244 e. The van der Waals surface area contributed by atoms with Gasteiger partial charge in [0.2, 0.25) is 10.0 Å². The number of nitrogens with zero attached hydrogens (tertiary/aromatic N) is 2. The molecule has 0 aromatic carbocycles. The van der Waals surface area contributed by atoms with Crippen molar-refractivity contribution in [1.29, 1.82) is 0 Å². The van der Waals surface area contributed by atoms with Gasteiger partial charge < -0.3 is 5.32 Å². The number of rotatable bonds is 4. The van der Waals surface area contributed by atoms with Crippen molar-refractivity contribution in [3.05, 3.63) is 18.3 Å². The molecule has 1 heterocycles. The van der Waals surface area contributed by atoms with Gasteiger partial charge in [0, 0.05) is 26.3 Å². The van der Waals surface area contributed by atoms with Gasteiger partial charge in [-0.15, -0.1) is 0 Å². The smallest absolute Gasteiger partial charge is 0.244 e. The van der Waals surface area contributed by atoms with E-state index in [0.717, 1.165) is 24.6 Å². The third-order valence-corrected chi connectivity index (χ3v) is 5.04. The van der Waals surface area contributed by atoms with E-state index in [9.17, 15) is 8.42 Å². The number of aromatic nitrogens is 1. The topological polar surface area (TPSA) is 62.3 Å². The first-order chi connectivity index (χ1) is 8.39. The molecule has 5 nitrogen and oxygen atoms in total. The van der Waals surface area contributed by atoms with Crippen LogP contribution in [0, 0.1) is 5.92 Å². The largest absolute Gasteiger partial charge is 0.367 e. The Balaban J connectivity index is 2.06. The molecule has 1 saturated carbocycles. The summed E-state index contributed by atoms with van der Waals surface area (Å²) in [4.78, 5) is 4.38. The zero-order chi connectivity index (χ0) is 13.3. The molecule has 18 heavy (non-hydrogen) atoms. The molecule has 1 aromatic rings. The highest BCUT2D eigenvalue weighted by Gasteiger charge is 2.25. The Morgan fingerprint density at radius 2 is 2.00 bits per heavy atom.